The molecule has 0 saturated heterocycles. The minimum Gasteiger partial charge on any atom is -0.434 e. The Morgan fingerprint density at radius 2 is 2.08 bits per heavy atom. The summed E-state index contributed by atoms with van der Waals surface area (Å²) in [5.41, 5.74) is 2.17. The van der Waals surface area contributed by atoms with E-state index in [9.17, 15) is 13.6 Å². The zero-order valence-corrected chi connectivity index (χ0v) is 14.5. The zero-order valence-electron chi connectivity index (χ0n) is 12.9. The molecule has 0 spiro atoms. The van der Waals surface area contributed by atoms with E-state index in [2.05, 4.69) is 26.0 Å². The molecule has 3 nitrogen and oxygen atoms in total. The monoisotopic (exact) mass is 395 g/mol. The second-order valence-electron chi connectivity index (χ2n) is 4.94. The van der Waals surface area contributed by atoms with Crippen LogP contribution in [0, 0.1) is 0 Å². The Kier molecular flexibility index (Phi) is 6.49. The second kappa shape index (κ2) is 8.59. The number of alkyl halides is 2. The third kappa shape index (κ3) is 5.45. The summed E-state index contributed by atoms with van der Waals surface area (Å²) < 4.78 is 30.0. The molecule has 0 aliphatic carbocycles. The van der Waals surface area contributed by atoms with Gasteiger partial charge in [0.05, 0.1) is 0 Å². The van der Waals surface area contributed by atoms with Crippen molar-refractivity contribution in [1.82, 2.24) is 0 Å². The van der Waals surface area contributed by atoms with Gasteiger partial charge >= 0.3 is 6.61 Å². The highest BCUT2D eigenvalue weighted by Crippen LogP contribution is 2.26. The molecular weight excluding hydrogens is 380 g/mol. The summed E-state index contributed by atoms with van der Waals surface area (Å²) >= 11 is 3.26. The highest BCUT2D eigenvalue weighted by molar-refractivity contribution is 9.10. The molecule has 0 unspecified atom stereocenters. The number of amides is 1. The van der Waals surface area contributed by atoms with Crippen molar-refractivity contribution in [2.75, 3.05) is 5.32 Å². The van der Waals surface area contributed by atoms with Gasteiger partial charge in [0.1, 0.15) is 5.75 Å². The molecule has 0 heterocycles. The summed E-state index contributed by atoms with van der Waals surface area (Å²) in [4.78, 5) is 12.0. The van der Waals surface area contributed by atoms with E-state index in [0.29, 0.717) is 15.7 Å². The molecular formula is C18H16BrF2NO2. The van der Waals surface area contributed by atoms with Crippen LogP contribution in [0.25, 0.3) is 6.08 Å². The van der Waals surface area contributed by atoms with Crippen LogP contribution in [-0.2, 0) is 11.2 Å². The standard InChI is InChI=1S/C18H16BrF2NO2/c1-2-12-4-3-5-15(10-12)22-17(23)9-6-13-11-14(19)7-8-16(13)24-18(20)21/h3-11,18H,2H2,1H3,(H,22,23)/b9-6+. The Morgan fingerprint density at radius 1 is 1.29 bits per heavy atom. The number of aryl methyl sites for hydroxylation is 1. The van der Waals surface area contributed by atoms with Gasteiger partial charge in [-0.25, -0.2) is 0 Å². The first kappa shape index (κ1) is 18.1. The van der Waals surface area contributed by atoms with Gasteiger partial charge in [-0.1, -0.05) is 35.0 Å². The highest BCUT2D eigenvalue weighted by Gasteiger charge is 2.09. The number of nitrogens with one attached hydrogen (secondary N) is 1. The second-order valence-corrected chi connectivity index (χ2v) is 5.85. The van der Waals surface area contributed by atoms with E-state index in [-0.39, 0.29) is 11.7 Å². The predicted octanol–water partition coefficient (Wildman–Crippen LogP) is 5.26. The number of hydrogen-bond acceptors (Lipinski definition) is 2. The quantitative estimate of drug-likeness (QED) is 0.676. The Morgan fingerprint density at radius 3 is 2.79 bits per heavy atom. The lowest BCUT2D eigenvalue weighted by molar-refractivity contribution is -0.111. The first-order chi connectivity index (χ1) is 11.5. The maximum absolute atomic E-state index is 12.4. The van der Waals surface area contributed by atoms with Gasteiger partial charge in [-0.3, -0.25) is 4.79 Å². The van der Waals surface area contributed by atoms with Gasteiger partial charge in [-0.05, 0) is 48.4 Å². The Balaban J connectivity index is 2.12. The molecule has 0 bridgehead atoms. The lowest BCUT2D eigenvalue weighted by Crippen LogP contribution is -2.08. The fourth-order valence-corrected chi connectivity index (χ4v) is 2.45. The smallest absolute Gasteiger partial charge is 0.387 e. The SMILES string of the molecule is CCc1cccc(NC(=O)/C=C/c2cc(Br)ccc2OC(F)F)c1. The van der Waals surface area contributed by atoms with E-state index in [1.165, 1.54) is 18.2 Å². The van der Waals surface area contributed by atoms with Crippen molar-refractivity contribution < 1.29 is 18.3 Å². The van der Waals surface area contributed by atoms with Gasteiger partial charge in [-0.2, -0.15) is 8.78 Å². The summed E-state index contributed by atoms with van der Waals surface area (Å²) in [6, 6.07) is 12.1. The van der Waals surface area contributed by atoms with Crippen LogP contribution >= 0.6 is 15.9 Å². The number of carbonyl (C=O) groups is 1. The van der Waals surface area contributed by atoms with E-state index in [1.807, 2.05) is 25.1 Å². The van der Waals surface area contributed by atoms with Crippen molar-refractivity contribution >= 4 is 33.6 Å². The minimum absolute atomic E-state index is 0.00484. The Bertz CT molecular complexity index is 748. The van der Waals surface area contributed by atoms with E-state index < -0.39 is 6.61 Å². The lowest BCUT2D eigenvalue weighted by Gasteiger charge is -2.08. The van der Waals surface area contributed by atoms with Gasteiger partial charge in [-0.15, -0.1) is 0 Å². The summed E-state index contributed by atoms with van der Waals surface area (Å²) in [7, 11) is 0. The average Bonchev–Trinajstić information content (AvgIpc) is 2.55. The molecule has 0 atom stereocenters. The molecule has 24 heavy (non-hydrogen) atoms. The predicted molar refractivity (Wildman–Crippen MR) is 94.3 cm³/mol. The molecule has 126 valence electrons. The molecule has 0 aliphatic heterocycles. The van der Waals surface area contributed by atoms with Crippen LogP contribution in [0.5, 0.6) is 5.75 Å². The maximum Gasteiger partial charge on any atom is 0.387 e. The first-order valence-electron chi connectivity index (χ1n) is 7.30. The van der Waals surface area contributed by atoms with Crippen molar-refractivity contribution in [3.05, 3.63) is 64.1 Å². The number of ether oxygens (including phenoxy) is 1. The minimum atomic E-state index is -2.93. The number of hydrogen-bond donors (Lipinski definition) is 1. The molecule has 0 radical (unpaired) electrons. The number of halogens is 3. The molecule has 1 amide bonds. The van der Waals surface area contributed by atoms with E-state index >= 15 is 0 Å². The normalized spacial score (nSPS) is 11.0. The van der Waals surface area contributed by atoms with Crippen molar-refractivity contribution in [1.29, 1.82) is 0 Å². The molecule has 2 rings (SSSR count). The fourth-order valence-electron chi connectivity index (χ4n) is 2.07. The van der Waals surface area contributed by atoms with Crippen LogP contribution in [0.2, 0.25) is 0 Å². The average molecular weight is 396 g/mol. The van der Waals surface area contributed by atoms with Gasteiger partial charge in [0.2, 0.25) is 5.91 Å². The van der Waals surface area contributed by atoms with E-state index in [0.717, 1.165) is 12.0 Å². The topological polar surface area (TPSA) is 38.3 Å². The van der Waals surface area contributed by atoms with Crippen LogP contribution in [-0.4, -0.2) is 12.5 Å². The lowest BCUT2D eigenvalue weighted by atomic mass is 10.1. The van der Waals surface area contributed by atoms with Crippen molar-refractivity contribution in [2.24, 2.45) is 0 Å². The molecule has 6 heteroatoms. The molecule has 0 aromatic heterocycles. The summed E-state index contributed by atoms with van der Waals surface area (Å²) in [5.74, 6) is -0.351. The zero-order chi connectivity index (χ0) is 17.5. The first-order valence-corrected chi connectivity index (χ1v) is 8.09. The van der Waals surface area contributed by atoms with Crippen LogP contribution in [0.1, 0.15) is 18.1 Å². The van der Waals surface area contributed by atoms with Crippen molar-refractivity contribution in [3.63, 3.8) is 0 Å². The van der Waals surface area contributed by atoms with E-state index in [1.54, 1.807) is 18.2 Å². The molecule has 2 aromatic carbocycles. The summed E-state index contributed by atoms with van der Waals surface area (Å²) in [5, 5.41) is 2.74. The number of anilines is 1. The van der Waals surface area contributed by atoms with Gasteiger partial charge in [0.25, 0.3) is 0 Å². The van der Waals surface area contributed by atoms with Crippen molar-refractivity contribution in [3.8, 4) is 5.75 Å². The third-order valence-corrected chi connectivity index (χ3v) is 3.70. The Labute approximate surface area is 147 Å². The maximum atomic E-state index is 12.4. The molecule has 0 aliphatic rings. The Hall–Kier alpha value is -2.21. The largest absolute Gasteiger partial charge is 0.434 e. The van der Waals surface area contributed by atoms with Gasteiger partial charge < -0.3 is 10.1 Å². The molecule has 2 aromatic rings. The van der Waals surface area contributed by atoms with Crippen LogP contribution in [0.15, 0.2) is 53.0 Å². The third-order valence-electron chi connectivity index (χ3n) is 3.20. The van der Waals surface area contributed by atoms with Crippen LogP contribution < -0.4 is 10.1 Å². The van der Waals surface area contributed by atoms with Gasteiger partial charge in [0, 0.05) is 21.8 Å². The number of carbonyl (C=O) groups excluding carboxylic acids is 1. The van der Waals surface area contributed by atoms with Crippen molar-refractivity contribution in [2.45, 2.75) is 20.0 Å². The van der Waals surface area contributed by atoms with E-state index in [4.69, 9.17) is 0 Å². The molecule has 0 fully saturated rings. The van der Waals surface area contributed by atoms with Crippen LogP contribution in [0.3, 0.4) is 0 Å². The summed E-state index contributed by atoms with van der Waals surface area (Å²) in [6.07, 6.45) is 3.58. The van der Waals surface area contributed by atoms with Gasteiger partial charge in [0.15, 0.2) is 0 Å². The molecule has 0 saturated carbocycles. The fraction of sp³-hybridized carbons (Fsp3) is 0.167. The highest BCUT2D eigenvalue weighted by atomic mass is 79.9. The van der Waals surface area contributed by atoms with Crippen LogP contribution in [0.4, 0.5) is 14.5 Å². The number of rotatable bonds is 6. The summed E-state index contributed by atoms with van der Waals surface area (Å²) in [6.45, 7) is -0.900. The molecule has 1 N–H and O–H groups in total. The number of benzene rings is 2.